The van der Waals surface area contributed by atoms with Crippen LogP contribution < -0.4 is 9.47 Å². The van der Waals surface area contributed by atoms with Crippen molar-refractivity contribution in [2.24, 2.45) is 11.8 Å². The SMILES string of the molecule is O=C(Oc1cc([N+](=O)[O-])c(OC(=O)C2CC2)cc1[N+](=O)[O-])C1CC1. The van der Waals surface area contributed by atoms with Crippen molar-refractivity contribution >= 4 is 23.3 Å². The summed E-state index contributed by atoms with van der Waals surface area (Å²) in [6.45, 7) is 0. The zero-order valence-electron chi connectivity index (χ0n) is 12.3. The Morgan fingerprint density at radius 2 is 1.17 bits per heavy atom. The summed E-state index contributed by atoms with van der Waals surface area (Å²) in [5, 5.41) is 22.3. The van der Waals surface area contributed by atoms with Crippen molar-refractivity contribution in [3.8, 4) is 11.5 Å². The quantitative estimate of drug-likeness (QED) is 0.333. The monoisotopic (exact) mass is 336 g/mol. The van der Waals surface area contributed by atoms with Gasteiger partial charge in [-0.1, -0.05) is 0 Å². The molecule has 0 aromatic heterocycles. The van der Waals surface area contributed by atoms with Gasteiger partial charge in [0.25, 0.3) is 0 Å². The molecule has 0 unspecified atom stereocenters. The zero-order chi connectivity index (χ0) is 17.4. The number of ether oxygens (including phenoxy) is 2. The first-order valence-electron chi connectivity index (χ1n) is 7.27. The fraction of sp³-hybridized carbons (Fsp3) is 0.429. The maximum absolute atomic E-state index is 11.7. The number of nitro groups is 2. The minimum absolute atomic E-state index is 0.337. The van der Waals surface area contributed by atoms with Crippen LogP contribution in [0.3, 0.4) is 0 Å². The predicted octanol–water partition coefficient (Wildman–Crippen LogP) is 2.13. The van der Waals surface area contributed by atoms with Crippen molar-refractivity contribution in [2.45, 2.75) is 25.7 Å². The smallest absolute Gasteiger partial charge is 0.315 e. The number of nitro benzene ring substituents is 2. The van der Waals surface area contributed by atoms with Gasteiger partial charge in [0.2, 0.25) is 11.5 Å². The lowest BCUT2D eigenvalue weighted by molar-refractivity contribution is -0.390. The number of rotatable bonds is 6. The fourth-order valence-electron chi connectivity index (χ4n) is 2.01. The van der Waals surface area contributed by atoms with E-state index in [1.807, 2.05) is 0 Å². The van der Waals surface area contributed by atoms with Gasteiger partial charge in [-0.25, -0.2) is 0 Å². The first kappa shape index (κ1) is 15.8. The fourth-order valence-corrected chi connectivity index (χ4v) is 2.01. The van der Waals surface area contributed by atoms with Crippen molar-refractivity contribution < 1.29 is 28.9 Å². The number of hydrogen-bond donors (Lipinski definition) is 0. The lowest BCUT2D eigenvalue weighted by Crippen LogP contribution is -2.13. The predicted molar refractivity (Wildman–Crippen MR) is 76.5 cm³/mol. The van der Waals surface area contributed by atoms with E-state index in [0.717, 1.165) is 12.1 Å². The molecule has 1 aromatic carbocycles. The molecule has 2 aliphatic carbocycles. The van der Waals surface area contributed by atoms with Crippen LogP contribution in [0.15, 0.2) is 12.1 Å². The molecule has 0 amide bonds. The Labute approximate surface area is 134 Å². The maximum atomic E-state index is 11.7. The molecule has 2 saturated carbocycles. The summed E-state index contributed by atoms with van der Waals surface area (Å²) in [6, 6.07) is 1.49. The van der Waals surface area contributed by atoms with E-state index in [1.165, 1.54) is 0 Å². The standard InChI is InChI=1S/C14H12N2O8/c17-13(7-1-2-7)23-11-5-10(16(21)22)12(6-9(11)15(19)20)24-14(18)8-3-4-8/h5-8H,1-4H2. The molecule has 0 atom stereocenters. The van der Waals surface area contributed by atoms with Crippen LogP contribution in [0.2, 0.25) is 0 Å². The summed E-state index contributed by atoms with van der Waals surface area (Å²) in [5.74, 6) is -3.08. The molecule has 24 heavy (non-hydrogen) atoms. The molecule has 3 rings (SSSR count). The Bertz CT molecular complexity index is 688. The second-order valence-electron chi connectivity index (χ2n) is 5.69. The van der Waals surface area contributed by atoms with E-state index in [4.69, 9.17) is 9.47 Å². The van der Waals surface area contributed by atoms with Gasteiger partial charge in [0, 0.05) is 0 Å². The van der Waals surface area contributed by atoms with E-state index < -0.39 is 44.7 Å². The number of hydrogen-bond acceptors (Lipinski definition) is 8. The van der Waals surface area contributed by atoms with Crippen molar-refractivity contribution in [3.05, 3.63) is 32.4 Å². The summed E-state index contributed by atoms with van der Waals surface area (Å²) in [7, 11) is 0. The molecule has 0 N–H and O–H groups in total. The number of carbonyl (C=O) groups excluding carboxylic acids is 2. The van der Waals surface area contributed by atoms with Gasteiger partial charge in [-0.05, 0) is 25.7 Å². The Morgan fingerprint density at radius 3 is 1.42 bits per heavy atom. The molecule has 0 radical (unpaired) electrons. The second-order valence-corrected chi connectivity index (χ2v) is 5.69. The average Bonchev–Trinajstić information content (AvgIpc) is 3.39. The molecular weight excluding hydrogens is 324 g/mol. The Balaban J connectivity index is 1.96. The van der Waals surface area contributed by atoms with Crippen molar-refractivity contribution in [3.63, 3.8) is 0 Å². The Kier molecular flexibility index (Phi) is 3.87. The first-order valence-corrected chi connectivity index (χ1v) is 7.27. The van der Waals surface area contributed by atoms with Gasteiger partial charge >= 0.3 is 23.3 Å². The molecule has 0 saturated heterocycles. The average molecular weight is 336 g/mol. The van der Waals surface area contributed by atoms with Crippen molar-refractivity contribution in [1.82, 2.24) is 0 Å². The Morgan fingerprint density at radius 1 is 0.833 bits per heavy atom. The van der Waals surface area contributed by atoms with Crippen LogP contribution in [0.25, 0.3) is 0 Å². The van der Waals surface area contributed by atoms with E-state index >= 15 is 0 Å². The van der Waals surface area contributed by atoms with Gasteiger partial charge in [-0.3, -0.25) is 29.8 Å². The van der Waals surface area contributed by atoms with E-state index in [-0.39, 0.29) is 11.8 Å². The van der Waals surface area contributed by atoms with Gasteiger partial charge in [0.05, 0.1) is 33.8 Å². The number of benzene rings is 1. The highest BCUT2D eigenvalue weighted by molar-refractivity contribution is 5.81. The van der Waals surface area contributed by atoms with Gasteiger partial charge in [-0.15, -0.1) is 0 Å². The lowest BCUT2D eigenvalue weighted by atomic mass is 10.2. The molecule has 126 valence electrons. The molecule has 10 heteroatoms. The van der Waals surface area contributed by atoms with E-state index in [2.05, 4.69) is 0 Å². The second kappa shape index (κ2) is 5.87. The van der Waals surface area contributed by atoms with Gasteiger partial charge in [-0.2, -0.15) is 0 Å². The molecule has 0 spiro atoms. The van der Waals surface area contributed by atoms with Crippen LogP contribution in [-0.2, 0) is 9.59 Å². The molecule has 2 aliphatic rings. The summed E-state index contributed by atoms with van der Waals surface area (Å²) in [4.78, 5) is 44.0. The highest BCUT2D eigenvalue weighted by Gasteiger charge is 2.37. The molecule has 1 aromatic rings. The molecule has 0 bridgehead atoms. The van der Waals surface area contributed by atoms with Crippen LogP contribution >= 0.6 is 0 Å². The van der Waals surface area contributed by atoms with Crippen LogP contribution in [0.5, 0.6) is 11.5 Å². The van der Waals surface area contributed by atoms with Crippen LogP contribution in [0, 0.1) is 32.1 Å². The van der Waals surface area contributed by atoms with Crippen molar-refractivity contribution in [2.75, 3.05) is 0 Å². The third-order valence-electron chi connectivity index (χ3n) is 3.68. The largest absolute Gasteiger partial charge is 0.419 e. The lowest BCUT2D eigenvalue weighted by Gasteiger charge is -2.08. The Hall–Kier alpha value is -3.04. The van der Waals surface area contributed by atoms with Gasteiger partial charge < -0.3 is 9.47 Å². The van der Waals surface area contributed by atoms with Crippen LogP contribution in [0.4, 0.5) is 11.4 Å². The van der Waals surface area contributed by atoms with Gasteiger partial charge in [0.1, 0.15) is 0 Å². The summed E-state index contributed by atoms with van der Waals surface area (Å²) >= 11 is 0. The summed E-state index contributed by atoms with van der Waals surface area (Å²) < 4.78 is 9.83. The third kappa shape index (κ3) is 3.31. The van der Waals surface area contributed by atoms with E-state index in [9.17, 15) is 29.8 Å². The van der Waals surface area contributed by atoms with Crippen LogP contribution in [-0.4, -0.2) is 21.8 Å². The number of esters is 2. The van der Waals surface area contributed by atoms with Gasteiger partial charge in [0.15, 0.2) is 0 Å². The zero-order valence-corrected chi connectivity index (χ0v) is 12.3. The number of nitrogens with zero attached hydrogens (tertiary/aromatic N) is 2. The molecular formula is C14H12N2O8. The molecule has 10 nitrogen and oxygen atoms in total. The van der Waals surface area contributed by atoms with Crippen LogP contribution in [0.1, 0.15) is 25.7 Å². The van der Waals surface area contributed by atoms with E-state index in [0.29, 0.717) is 25.7 Å². The minimum Gasteiger partial charge on any atom is -0.419 e. The van der Waals surface area contributed by atoms with Crippen molar-refractivity contribution in [1.29, 1.82) is 0 Å². The molecule has 2 fully saturated rings. The maximum Gasteiger partial charge on any atom is 0.315 e. The minimum atomic E-state index is -0.853. The van der Waals surface area contributed by atoms with E-state index in [1.54, 1.807) is 0 Å². The summed E-state index contributed by atoms with van der Waals surface area (Å²) in [5.41, 5.74) is -1.35. The molecule has 0 heterocycles. The normalized spacial score (nSPS) is 16.3. The number of carbonyl (C=O) groups is 2. The topological polar surface area (TPSA) is 139 Å². The first-order chi connectivity index (χ1) is 11.4. The third-order valence-corrected chi connectivity index (χ3v) is 3.68. The molecule has 0 aliphatic heterocycles. The highest BCUT2D eigenvalue weighted by atomic mass is 16.6. The highest BCUT2D eigenvalue weighted by Crippen LogP contribution is 2.42. The summed E-state index contributed by atoms with van der Waals surface area (Å²) in [6.07, 6.45) is 2.47.